The Kier molecular flexibility index (Phi) is 5.39. The molecule has 1 aliphatic carbocycles. The fourth-order valence-electron chi connectivity index (χ4n) is 6.93. The largest absolute Gasteiger partial charge is 0.0619 e. The maximum atomic E-state index is 2.45. The molecule has 0 heteroatoms. The quantitative estimate of drug-likeness (QED) is 0.201. The SMILES string of the molecule is Cc1ccc2c(-c3ccc(C(C)(C)C)cc3)c3ccccc3c(-c3ccc4c(c3)-c3ccccc3C4(C)C)c2c1. The van der Waals surface area contributed by atoms with E-state index in [0.29, 0.717) is 0 Å². The van der Waals surface area contributed by atoms with Crippen molar-refractivity contribution >= 4 is 21.5 Å². The van der Waals surface area contributed by atoms with Crippen molar-refractivity contribution in [1.29, 1.82) is 0 Å². The van der Waals surface area contributed by atoms with Crippen molar-refractivity contribution in [3.63, 3.8) is 0 Å². The van der Waals surface area contributed by atoms with Gasteiger partial charge in [-0.15, -0.1) is 0 Å². The van der Waals surface area contributed by atoms with E-state index in [1.807, 2.05) is 0 Å². The van der Waals surface area contributed by atoms with Crippen LogP contribution in [0.1, 0.15) is 56.9 Å². The summed E-state index contributed by atoms with van der Waals surface area (Å²) in [6.07, 6.45) is 0. The molecule has 0 saturated carbocycles. The van der Waals surface area contributed by atoms with E-state index in [0.717, 1.165) is 0 Å². The standard InChI is InChI=1S/C40H36/c1-25-15-21-32-34(23-25)38(27-18-22-36-33(24-27)29-11-9-10-14-35(29)40(36,5)6)31-13-8-7-12-30(31)37(32)26-16-19-28(20-17-26)39(2,3)4/h7-24H,1-6H3. The van der Waals surface area contributed by atoms with E-state index in [-0.39, 0.29) is 10.8 Å². The summed E-state index contributed by atoms with van der Waals surface area (Å²) in [6.45, 7) is 13.7. The molecule has 0 bridgehead atoms. The molecule has 7 rings (SSSR count). The van der Waals surface area contributed by atoms with E-state index in [1.165, 1.54) is 77.2 Å². The number of hydrogen-bond acceptors (Lipinski definition) is 0. The van der Waals surface area contributed by atoms with Crippen LogP contribution in [0.25, 0.3) is 54.9 Å². The highest BCUT2D eigenvalue weighted by molar-refractivity contribution is 6.21. The van der Waals surface area contributed by atoms with Crippen LogP contribution in [0.2, 0.25) is 0 Å². The summed E-state index contributed by atoms with van der Waals surface area (Å²) >= 11 is 0. The van der Waals surface area contributed by atoms with Crippen molar-refractivity contribution in [3.05, 3.63) is 131 Å². The Bertz CT molecular complexity index is 1940. The molecule has 0 aromatic heterocycles. The van der Waals surface area contributed by atoms with E-state index in [4.69, 9.17) is 0 Å². The Labute approximate surface area is 238 Å². The topological polar surface area (TPSA) is 0 Å². The summed E-state index contributed by atoms with van der Waals surface area (Å²) in [6, 6.07) is 41.3. The molecular weight excluding hydrogens is 480 g/mol. The molecule has 6 aromatic rings. The van der Waals surface area contributed by atoms with Crippen molar-refractivity contribution in [1.82, 2.24) is 0 Å². The Hall–Kier alpha value is -4.16. The summed E-state index contributed by atoms with van der Waals surface area (Å²) in [7, 11) is 0. The molecule has 0 atom stereocenters. The number of hydrogen-bond donors (Lipinski definition) is 0. The molecule has 0 nitrogen and oxygen atoms in total. The average molecular weight is 517 g/mol. The lowest BCUT2D eigenvalue weighted by Gasteiger charge is -2.22. The van der Waals surface area contributed by atoms with Gasteiger partial charge in [0.25, 0.3) is 0 Å². The van der Waals surface area contributed by atoms with Crippen molar-refractivity contribution in [2.45, 2.75) is 52.4 Å². The first kappa shape index (κ1) is 24.9. The molecule has 0 unspecified atom stereocenters. The third-order valence-electron chi connectivity index (χ3n) is 9.09. The second-order valence-corrected chi connectivity index (χ2v) is 13.1. The lowest BCUT2D eigenvalue weighted by molar-refractivity contribution is 0.590. The maximum absolute atomic E-state index is 2.45. The smallest absolute Gasteiger partial charge is 0.0158 e. The van der Waals surface area contributed by atoms with Gasteiger partial charge in [-0.25, -0.2) is 0 Å². The van der Waals surface area contributed by atoms with Crippen LogP contribution in [0.5, 0.6) is 0 Å². The minimum atomic E-state index is 0.00819. The van der Waals surface area contributed by atoms with Crippen LogP contribution in [-0.2, 0) is 10.8 Å². The highest BCUT2D eigenvalue weighted by Gasteiger charge is 2.35. The van der Waals surface area contributed by atoms with Gasteiger partial charge >= 0.3 is 0 Å². The lowest BCUT2D eigenvalue weighted by Crippen LogP contribution is -2.14. The average Bonchev–Trinajstić information content (AvgIpc) is 3.17. The van der Waals surface area contributed by atoms with E-state index in [2.05, 4.69) is 151 Å². The lowest BCUT2D eigenvalue weighted by atomic mass is 9.81. The van der Waals surface area contributed by atoms with Crippen LogP contribution in [-0.4, -0.2) is 0 Å². The van der Waals surface area contributed by atoms with Gasteiger partial charge in [0.1, 0.15) is 0 Å². The molecule has 0 heterocycles. The molecule has 6 aromatic carbocycles. The summed E-state index contributed by atoms with van der Waals surface area (Å²) in [5.41, 5.74) is 13.6. The van der Waals surface area contributed by atoms with Gasteiger partial charge in [0.2, 0.25) is 0 Å². The molecule has 40 heavy (non-hydrogen) atoms. The van der Waals surface area contributed by atoms with Gasteiger partial charge in [-0.1, -0.05) is 143 Å². The summed E-state index contributed by atoms with van der Waals surface area (Å²) < 4.78 is 0. The zero-order valence-electron chi connectivity index (χ0n) is 24.4. The van der Waals surface area contributed by atoms with Gasteiger partial charge < -0.3 is 0 Å². The number of benzene rings is 6. The Morgan fingerprint density at radius 3 is 1.77 bits per heavy atom. The molecule has 0 aliphatic heterocycles. The molecule has 0 spiro atoms. The number of rotatable bonds is 2. The first-order chi connectivity index (χ1) is 19.1. The summed E-state index contributed by atoms with van der Waals surface area (Å²) in [5, 5.41) is 5.24. The van der Waals surface area contributed by atoms with Gasteiger partial charge in [-0.2, -0.15) is 0 Å². The van der Waals surface area contributed by atoms with Crippen LogP contribution in [0.4, 0.5) is 0 Å². The monoisotopic (exact) mass is 516 g/mol. The zero-order chi connectivity index (χ0) is 27.8. The van der Waals surface area contributed by atoms with E-state index in [1.54, 1.807) is 0 Å². The van der Waals surface area contributed by atoms with Gasteiger partial charge in [-0.05, 0) is 90.0 Å². The first-order valence-electron chi connectivity index (χ1n) is 14.5. The Balaban J connectivity index is 1.54. The highest BCUT2D eigenvalue weighted by Crippen LogP contribution is 2.51. The molecule has 0 saturated heterocycles. The van der Waals surface area contributed by atoms with Crippen molar-refractivity contribution < 1.29 is 0 Å². The van der Waals surface area contributed by atoms with E-state index in [9.17, 15) is 0 Å². The normalized spacial score (nSPS) is 13.9. The molecular formula is C40H36. The fourth-order valence-corrected chi connectivity index (χ4v) is 6.93. The second-order valence-electron chi connectivity index (χ2n) is 13.1. The van der Waals surface area contributed by atoms with Crippen molar-refractivity contribution in [2.24, 2.45) is 0 Å². The minimum absolute atomic E-state index is 0.00819. The van der Waals surface area contributed by atoms with Crippen molar-refractivity contribution in [2.75, 3.05) is 0 Å². The zero-order valence-corrected chi connectivity index (χ0v) is 24.4. The first-order valence-corrected chi connectivity index (χ1v) is 14.5. The number of aryl methyl sites for hydroxylation is 1. The Morgan fingerprint density at radius 1 is 0.500 bits per heavy atom. The van der Waals surface area contributed by atoms with Crippen LogP contribution in [0.3, 0.4) is 0 Å². The third-order valence-corrected chi connectivity index (χ3v) is 9.09. The second kappa shape index (κ2) is 8.67. The number of fused-ring (bicyclic) bond motifs is 5. The van der Waals surface area contributed by atoms with E-state index >= 15 is 0 Å². The van der Waals surface area contributed by atoms with Gasteiger partial charge in [0.05, 0.1) is 0 Å². The van der Waals surface area contributed by atoms with Crippen LogP contribution >= 0.6 is 0 Å². The predicted molar refractivity (Wildman–Crippen MR) is 173 cm³/mol. The summed E-state index contributed by atoms with van der Waals surface area (Å²) in [4.78, 5) is 0. The third kappa shape index (κ3) is 3.66. The predicted octanol–water partition coefficient (Wildman–Crippen LogP) is 11.2. The Morgan fingerprint density at radius 2 is 1.07 bits per heavy atom. The molecule has 0 fully saturated rings. The minimum Gasteiger partial charge on any atom is -0.0619 e. The van der Waals surface area contributed by atoms with Crippen LogP contribution in [0.15, 0.2) is 109 Å². The molecule has 0 amide bonds. The van der Waals surface area contributed by atoms with Gasteiger partial charge in [0.15, 0.2) is 0 Å². The molecule has 0 N–H and O–H groups in total. The molecule has 0 radical (unpaired) electrons. The van der Waals surface area contributed by atoms with E-state index < -0.39 is 0 Å². The van der Waals surface area contributed by atoms with Crippen molar-refractivity contribution in [3.8, 4) is 33.4 Å². The fraction of sp³-hybridized carbons (Fsp3) is 0.200. The highest BCUT2D eigenvalue weighted by atomic mass is 14.4. The van der Waals surface area contributed by atoms with Crippen LogP contribution < -0.4 is 0 Å². The maximum Gasteiger partial charge on any atom is 0.0158 e. The molecule has 196 valence electrons. The molecule has 1 aliphatic rings. The summed E-state index contributed by atoms with van der Waals surface area (Å²) in [5.74, 6) is 0. The van der Waals surface area contributed by atoms with Gasteiger partial charge in [0, 0.05) is 5.41 Å². The van der Waals surface area contributed by atoms with Crippen LogP contribution in [0, 0.1) is 6.92 Å². The van der Waals surface area contributed by atoms with Gasteiger partial charge in [-0.3, -0.25) is 0 Å².